The van der Waals surface area contributed by atoms with Crippen molar-refractivity contribution in [1.29, 1.82) is 0 Å². The average Bonchev–Trinajstić information content (AvgIpc) is 3.12. The maximum Gasteiger partial charge on any atom is 0.254 e. The minimum atomic E-state index is -0.405. The molecule has 2 amide bonds. The van der Waals surface area contributed by atoms with Crippen molar-refractivity contribution in [3.05, 3.63) is 46.7 Å². The minimum absolute atomic E-state index is 0.0854. The van der Waals surface area contributed by atoms with E-state index in [-0.39, 0.29) is 18.4 Å². The predicted molar refractivity (Wildman–Crippen MR) is 110 cm³/mol. The van der Waals surface area contributed by atoms with Crippen LogP contribution >= 0.6 is 11.3 Å². The molecule has 0 unspecified atom stereocenters. The number of carbonyl (C=O) groups is 2. The van der Waals surface area contributed by atoms with Crippen molar-refractivity contribution in [3.8, 4) is 0 Å². The summed E-state index contributed by atoms with van der Waals surface area (Å²) < 4.78 is 18.6. The summed E-state index contributed by atoms with van der Waals surface area (Å²) in [5, 5.41) is 3.25. The average molecular weight is 421 g/mol. The second-order valence-electron chi connectivity index (χ2n) is 6.87. The van der Waals surface area contributed by atoms with Gasteiger partial charge in [-0.05, 0) is 37.6 Å². The number of aromatic nitrogens is 1. The molecular weight excluding hydrogens is 395 g/mol. The lowest BCUT2D eigenvalue weighted by atomic mass is 10.2. The Morgan fingerprint density at radius 2 is 2.00 bits per heavy atom. The van der Waals surface area contributed by atoms with E-state index in [4.69, 9.17) is 4.74 Å². The molecule has 0 saturated carbocycles. The molecule has 1 aliphatic heterocycles. The van der Waals surface area contributed by atoms with Gasteiger partial charge < -0.3 is 15.0 Å². The molecule has 0 atom stereocenters. The lowest BCUT2D eigenvalue weighted by Gasteiger charge is -2.28. The topological polar surface area (TPSA) is 74.8 Å². The molecule has 0 spiro atoms. The second-order valence-corrected chi connectivity index (χ2v) is 8.10. The fourth-order valence-corrected chi connectivity index (χ4v) is 3.76. The van der Waals surface area contributed by atoms with Gasteiger partial charge in [0.2, 0.25) is 5.91 Å². The summed E-state index contributed by atoms with van der Waals surface area (Å²) in [6.45, 7) is 6.25. The Balaban J connectivity index is 1.61. The van der Waals surface area contributed by atoms with Crippen molar-refractivity contribution in [1.82, 2.24) is 14.8 Å². The number of thiazole rings is 1. The van der Waals surface area contributed by atoms with Gasteiger partial charge in [-0.15, -0.1) is 11.3 Å². The van der Waals surface area contributed by atoms with Gasteiger partial charge in [0.1, 0.15) is 12.4 Å². The van der Waals surface area contributed by atoms with Gasteiger partial charge in [-0.25, -0.2) is 9.37 Å². The van der Waals surface area contributed by atoms with Crippen LogP contribution in [0.3, 0.4) is 0 Å². The normalized spacial score (nSPS) is 14.6. The van der Waals surface area contributed by atoms with Gasteiger partial charge in [0.05, 0.1) is 13.2 Å². The van der Waals surface area contributed by atoms with Crippen LogP contribution in [-0.4, -0.2) is 72.5 Å². The van der Waals surface area contributed by atoms with E-state index in [1.807, 2.05) is 6.92 Å². The van der Waals surface area contributed by atoms with E-state index >= 15 is 0 Å². The van der Waals surface area contributed by atoms with Gasteiger partial charge >= 0.3 is 0 Å². The lowest BCUT2D eigenvalue weighted by molar-refractivity contribution is -0.116. The SMILES string of the molecule is Cc1cnc(NC(=O)CN(CCCN2CCOCC2)C(=O)c2ccc(F)cc2)s1. The number of hydrogen-bond donors (Lipinski definition) is 1. The molecule has 1 aromatic carbocycles. The first-order valence-corrected chi connectivity index (χ1v) is 10.4. The lowest BCUT2D eigenvalue weighted by Crippen LogP contribution is -2.41. The van der Waals surface area contributed by atoms with Crippen molar-refractivity contribution >= 4 is 28.3 Å². The highest BCUT2D eigenvalue weighted by Gasteiger charge is 2.20. The Hall–Kier alpha value is -2.36. The third-order valence-electron chi connectivity index (χ3n) is 4.59. The van der Waals surface area contributed by atoms with Crippen molar-refractivity contribution in [3.63, 3.8) is 0 Å². The minimum Gasteiger partial charge on any atom is -0.379 e. The number of morpholine rings is 1. The number of rotatable bonds is 8. The fourth-order valence-electron chi connectivity index (χ4n) is 3.08. The zero-order chi connectivity index (χ0) is 20.6. The molecule has 0 bridgehead atoms. The van der Waals surface area contributed by atoms with Crippen LogP contribution < -0.4 is 5.32 Å². The molecule has 1 aliphatic rings. The maximum absolute atomic E-state index is 13.2. The molecule has 1 N–H and O–H groups in total. The van der Waals surface area contributed by atoms with Gasteiger partial charge in [0.25, 0.3) is 5.91 Å². The third kappa shape index (κ3) is 6.59. The van der Waals surface area contributed by atoms with E-state index in [1.54, 1.807) is 6.20 Å². The van der Waals surface area contributed by atoms with Crippen LogP contribution in [0.2, 0.25) is 0 Å². The van der Waals surface area contributed by atoms with E-state index in [9.17, 15) is 14.0 Å². The first-order valence-electron chi connectivity index (χ1n) is 9.58. The Labute approximate surface area is 173 Å². The zero-order valence-electron chi connectivity index (χ0n) is 16.4. The van der Waals surface area contributed by atoms with E-state index in [1.165, 1.54) is 40.5 Å². The number of amides is 2. The molecule has 2 heterocycles. The smallest absolute Gasteiger partial charge is 0.254 e. The van der Waals surface area contributed by atoms with Crippen LogP contribution in [0.4, 0.5) is 9.52 Å². The summed E-state index contributed by atoms with van der Waals surface area (Å²) >= 11 is 1.38. The van der Waals surface area contributed by atoms with Crippen LogP contribution in [0.5, 0.6) is 0 Å². The van der Waals surface area contributed by atoms with Crippen molar-refractivity contribution in [2.75, 3.05) is 51.3 Å². The van der Waals surface area contributed by atoms with Crippen LogP contribution in [-0.2, 0) is 9.53 Å². The summed E-state index contributed by atoms with van der Waals surface area (Å²) in [7, 11) is 0. The first-order chi connectivity index (χ1) is 14.0. The molecule has 3 rings (SSSR count). The standard InChI is InChI=1S/C20H25FN4O3S/c1-15-13-22-20(29-15)23-18(26)14-25(8-2-7-24-9-11-28-12-10-24)19(27)16-3-5-17(21)6-4-16/h3-6,13H,2,7-12,14H2,1H3,(H,22,23,26). The molecule has 7 nitrogen and oxygen atoms in total. The van der Waals surface area contributed by atoms with Crippen molar-refractivity contribution < 1.29 is 18.7 Å². The number of anilines is 1. The second kappa shape index (κ2) is 10.4. The van der Waals surface area contributed by atoms with E-state index in [2.05, 4.69) is 15.2 Å². The molecule has 1 saturated heterocycles. The molecule has 0 radical (unpaired) electrons. The van der Waals surface area contributed by atoms with Crippen molar-refractivity contribution in [2.45, 2.75) is 13.3 Å². The molecule has 2 aromatic rings. The number of carbonyl (C=O) groups excluding carboxylic acids is 2. The number of aryl methyl sites for hydroxylation is 1. The Bertz CT molecular complexity index is 821. The zero-order valence-corrected chi connectivity index (χ0v) is 17.2. The van der Waals surface area contributed by atoms with Crippen LogP contribution in [0.25, 0.3) is 0 Å². The number of hydrogen-bond acceptors (Lipinski definition) is 6. The number of halogens is 1. The van der Waals surface area contributed by atoms with Gasteiger partial charge in [0, 0.05) is 42.8 Å². The number of nitrogens with one attached hydrogen (secondary N) is 1. The molecule has 0 aliphatic carbocycles. The summed E-state index contributed by atoms with van der Waals surface area (Å²) in [4.78, 5) is 34.3. The molecule has 156 valence electrons. The Morgan fingerprint density at radius 3 is 2.66 bits per heavy atom. The van der Waals surface area contributed by atoms with Gasteiger partial charge in [-0.3, -0.25) is 14.5 Å². The predicted octanol–water partition coefficient (Wildman–Crippen LogP) is 2.39. The van der Waals surface area contributed by atoms with Crippen LogP contribution in [0.15, 0.2) is 30.5 Å². The van der Waals surface area contributed by atoms with E-state index < -0.39 is 5.82 Å². The first kappa shape index (κ1) is 21.4. The quantitative estimate of drug-likeness (QED) is 0.710. The summed E-state index contributed by atoms with van der Waals surface area (Å²) in [6, 6.07) is 5.37. The van der Waals surface area contributed by atoms with E-state index in [0.29, 0.717) is 30.5 Å². The number of ether oxygens (including phenoxy) is 1. The third-order valence-corrected chi connectivity index (χ3v) is 5.41. The highest BCUT2D eigenvalue weighted by Crippen LogP contribution is 2.16. The van der Waals surface area contributed by atoms with Crippen LogP contribution in [0.1, 0.15) is 21.7 Å². The molecule has 1 fully saturated rings. The van der Waals surface area contributed by atoms with E-state index in [0.717, 1.165) is 30.9 Å². The monoisotopic (exact) mass is 420 g/mol. The maximum atomic E-state index is 13.2. The highest BCUT2D eigenvalue weighted by atomic mass is 32.1. The van der Waals surface area contributed by atoms with Gasteiger partial charge in [-0.2, -0.15) is 0 Å². The van der Waals surface area contributed by atoms with Crippen molar-refractivity contribution in [2.24, 2.45) is 0 Å². The molecule has 1 aromatic heterocycles. The number of benzene rings is 1. The van der Waals surface area contributed by atoms with Gasteiger partial charge in [-0.1, -0.05) is 0 Å². The molecule has 9 heteroatoms. The Kier molecular flexibility index (Phi) is 7.68. The molecule has 29 heavy (non-hydrogen) atoms. The summed E-state index contributed by atoms with van der Waals surface area (Å²) in [5.74, 6) is -1.00. The largest absolute Gasteiger partial charge is 0.379 e. The number of nitrogens with zero attached hydrogens (tertiary/aromatic N) is 3. The molecular formula is C20H25FN4O3S. The highest BCUT2D eigenvalue weighted by molar-refractivity contribution is 7.15. The Morgan fingerprint density at radius 1 is 1.28 bits per heavy atom. The van der Waals surface area contributed by atoms with Crippen LogP contribution in [0, 0.1) is 12.7 Å². The van der Waals surface area contributed by atoms with Gasteiger partial charge in [0.15, 0.2) is 5.13 Å². The summed E-state index contributed by atoms with van der Waals surface area (Å²) in [5.41, 5.74) is 0.357. The summed E-state index contributed by atoms with van der Waals surface area (Å²) in [6.07, 6.45) is 2.42. The fraction of sp³-hybridized carbons (Fsp3) is 0.450.